The van der Waals surface area contributed by atoms with Gasteiger partial charge in [0, 0.05) is 19.4 Å². The minimum Gasteiger partial charge on any atom is -0.459 e. The summed E-state index contributed by atoms with van der Waals surface area (Å²) in [4.78, 5) is 149. The number of hydrogen-bond donors (Lipinski definition) is 1. The molecule has 0 aromatic heterocycles. The van der Waals surface area contributed by atoms with Gasteiger partial charge in [0.05, 0.1) is 77.4 Å². The van der Waals surface area contributed by atoms with Gasteiger partial charge in [0.1, 0.15) is 105 Å². The van der Waals surface area contributed by atoms with Crippen LogP contribution in [0.5, 0.6) is 0 Å². The quantitative estimate of drug-likeness (QED) is 0.0274. The molecule has 0 spiro atoms. The van der Waals surface area contributed by atoms with E-state index in [0.717, 1.165) is 0 Å². The lowest BCUT2D eigenvalue weighted by Gasteiger charge is -2.52. The fraction of sp³-hybridized carbons (Fsp3) is 0.287. The molecule has 16 rings (SSSR count). The van der Waals surface area contributed by atoms with Crippen molar-refractivity contribution in [1.82, 2.24) is 0 Å². The van der Waals surface area contributed by atoms with Crippen LogP contribution >= 0.6 is 0 Å². The molecule has 12 aromatic rings. The summed E-state index contributed by atoms with van der Waals surface area (Å²) in [5, 5.41) is 11.3. The number of aliphatic hydroxyl groups excluding tert-OH is 1. The number of Topliss-reactive ketones (excluding diaryl/α,β-unsaturated/α-hetero) is 1. The Hall–Kier alpha value is -14.9. The van der Waals surface area contributed by atoms with Gasteiger partial charge in [-0.1, -0.05) is 267 Å². The molecule has 20 atom stereocenters. The van der Waals surface area contributed by atoms with Crippen LogP contribution in [0.25, 0.3) is 0 Å². The summed E-state index contributed by atoms with van der Waals surface area (Å²) in [5.41, 5.74) is 2.35. The number of esters is 9. The van der Waals surface area contributed by atoms with E-state index in [9.17, 15) is 24.3 Å². The topological polar surface area (TPSA) is 376 Å². The lowest BCUT2D eigenvalue weighted by molar-refractivity contribution is -0.393. The number of carbonyl (C=O) groups is 10. The van der Waals surface area contributed by atoms with Crippen LogP contribution < -0.4 is 0 Å². The zero-order valence-corrected chi connectivity index (χ0v) is 79.4. The Bertz CT molecular complexity index is 6180. The van der Waals surface area contributed by atoms with Gasteiger partial charge < -0.3 is 105 Å². The Kier molecular flexibility index (Phi) is 37.4. The van der Waals surface area contributed by atoms with Gasteiger partial charge in [0.15, 0.2) is 49.4 Å². The van der Waals surface area contributed by atoms with E-state index in [-0.39, 0.29) is 77.2 Å². The number of hydrogen-bond acceptors (Lipinski definition) is 31. The van der Waals surface area contributed by atoms with Gasteiger partial charge in [-0.2, -0.15) is 0 Å². The summed E-state index contributed by atoms with van der Waals surface area (Å²) < 4.78 is 140. The molecule has 4 heterocycles. The van der Waals surface area contributed by atoms with Gasteiger partial charge in [0.25, 0.3) is 0 Å². The standard InChI is InChI=1S/C115H108O31/c1-74(117)62-63-92(118)139-100-96(141-110(124)84-56-32-11-33-57-84)90(72-133-107(121)81-50-26-8-27-51-81)137-113(102(100)129-68-77-42-18-4-19-43-77)145-99-94(128-67-76-40-16-3-17-41-76)89(71-132-106(120)80-48-24-7-25-49-80)136-115(104(99)143-112(126)86-60-36-13-37-61-86)146-101-97(142-111(125)85-58-34-12-35-59-85)91(73-134-108(122)82-52-28-9-29-53-82)138-114(103(101)130-69-78-44-20-5-21-45-78)144-98-93(127-66-75-38-14-2-15-39-75)88(70-131-105(119)79-46-22-6-23-47-79)135-87(64-65-116)95(98)140-109(123)83-54-30-10-31-55-83/h2-61,87-91,93-104,113-116H,62-73H2,1H3/t87-,88?,89?,90?,91?,93-,94-,95?,96-,97-,98?,99?,100?,101?,102?,103?,104?,113+,114+,115-/m0/s1. The average Bonchev–Trinajstić information content (AvgIpc) is 0.751. The second-order valence-electron chi connectivity index (χ2n) is 34.7. The van der Waals surface area contributed by atoms with Crippen molar-refractivity contribution in [1.29, 1.82) is 0 Å². The lowest BCUT2D eigenvalue weighted by Crippen LogP contribution is -2.69. The van der Waals surface area contributed by atoms with Crippen molar-refractivity contribution < 1.29 is 148 Å². The lowest BCUT2D eigenvalue weighted by atomic mass is 9.91. The van der Waals surface area contributed by atoms with Crippen molar-refractivity contribution in [3.8, 4) is 0 Å². The van der Waals surface area contributed by atoms with E-state index in [2.05, 4.69) is 0 Å². The van der Waals surface area contributed by atoms with Gasteiger partial charge in [-0.15, -0.1) is 0 Å². The fourth-order valence-electron chi connectivity index (χ4n) is 17.1. The van der Waals surface area contributed by atoms with Crippen LogP contribution in [0.15, 0.2) is 364 Å². The van der Waals surface area contributed by atoms with Crippen molar-refractivity contribution in [3.05, 3.63) is 431 Å². The van der Waals surface area contributed by atoms with Gasteiger partial charge in [0.2, 0.25) is 0 Å². The number of benzene rings is 12. The first-order chi connectivity index (χ1) is 71.4. The van der Waals surface area contributed by atoms with Gasteiger partial charge in [-0.25, -0.2) is 38.4 Å². The highest BCUT2D eigenvalue weighted by molar-refractivity contribution is 5.93. The second kappa shape index (κ2) is 52.5. The molecule has 0 amide bonds. The highest BCUT2D eigenvalue weighted by Gasteiger charge is 2.62. The fourth-order valence-corrected chi connectivity index (χ4v) is 17.1. The van der Waals surface area contributed by atoms with Crippen LogP contribution in [-0.2, 0) is 131 Å². The largest absolute Gasteiger partial charge is 0.459 e. The van der Waals surface area contributed by atoms with Gasteiger partial charge >= 0.3 is 53.7 Å². The predicted molar refractivity (Wildman–Crippen MR) is 520 cm³/mol. The Labute approximate surface area is 841 Å². The van der Waals surface area contributed by atoms with E-state index in [1.165, 1.54) is 91.9 Å². The van der Waals surface area contributed by atoms with E-state index < -0.39 is 228 Å². The molecule has 31 heteroatoms. The summed E-state index contributed by atoms with van der Waals surface area (Å²) in [7, 11) is 0. The first-order valence-corrected chi connectivity index (χ1v) is 47.8. The van der Waals surface area contributed by atoms with Crippen LogP contribution in [0, 0.1) is 0 Å². The van der Waals surface area contributed by atoms with Crippen LogP contribution in [0.3, 0.4) is 0 Å². The zero-order valence-electron chi connectivity index (χ0n) is 79.4. The summed E-state index contributed by atoms with van der Waals surface area (Å²) in [6, 6.07) is 98.0. The van der Waals surface area contributed by atoms with E-state index in [0.29, 0.717) is 22.3 Å². The van der Waals surface area contributed by atoms with Crippen molar-refractivity contribution >= 4 is 59.5 Å². The van der Waals surface area contributed by atoms with Gasteiger partial charge in [-0.05, 0) is 126 Å². The normalized spacial score (nSPS) is 23.7. The Morgan fingerprint density at radius 1 is 0.226 bits per heavy atom. The number of ether oxygens (including phenoxy) is 20. The van der Waals surface area contributed by atoms with E-state index in [1.807, 2.05) is 0 Å². The molecule has 12 unspecified atom stereocenters. The molecule has 0 saturated carbocycles. The van der Waals surface area contributed by atoms with Crippen molar-refractivity contribution in [2.24, 2.45) is 0 Å². The number of rotatable bonds is 44. The SMILES string of the molecule is CC(=O)CCC(=O)OC1C(OCc2ccccc2)[C@@H](OC2C(OC(=O)c3ccccc3)[C@H](OC3C(OCc4ccccc4)[C@@H](OC4C(OC(=O)c5ccccc5)[C@H](CCO)OC(COC(=O)c5ccccc5)[C@@H]4OCc4ccccc4)OC(COC(=O)c4ccccc4)[C@@H]3OC(=O)c3ccccc3)OC(COC(=O)c3ccccc3)[C@@H]2OCc2ccccc2)OC(COC(=O)c2ccccc2)[C@@H]1OC(=O)c1ccccc1. The number of carbonyl (C=O) groups excluding carboxylic acids is 10. The highest BCUT2D eigenvalue weighted by Crippen LogP contribution is 2.43. The van der Waals surface area contributed by atoms with E-state index in [1.54, 1.807) is 279 Å². The van der Waals surface area contributed by atoms with Crippen LogP contribution in [0.4, 0.5) is 0 Å². The first kappa shape index (κ1) is 104. The molecular formula is C115H108O31. The Balaban J connectivity index is 0.921. The molecular weight excluding hydrogens is 1880 g/mol. The molecule has 754 valence electrons. The van der Waals surface area contributed by atoms with E-state index in [4.69, 9.17) is 94.7 Å². The molecule has 4 aliphatic heterocycles. The third-order valence-electron chi connectivity index (χ3n) is 24.4. The molecule has 1 N–H and O–H groups in total. The maximum absolute atomic E-state index is 16.2. The Morgan fingerprint density at radius 2 is 0.445 bits per heavy atom. The third-order valence-corrected chi connectivity index (χ3v) is 24.4. The summed E-state index contributed by atoms with van der Waals surface area (Å²) in [6.07, 6.45) is -38.9. The average molecular weight is 1990 g/mol. The third kappa shape index (κ3) is 28.4. The van der Waals surface area contributed by atoms with E-state index >= 15 is 28.8 Å². The minimum absolute atomic E-state index is 0.00301. The Morgan fingerprint density at radius 3 is 0.733 bits per heavy atom. The molecule has 0 bridgehead atoms. The van der Waals surface area contributed by atoms with Gasteiger partial charge in [-0.3, -0.25) is 4.79 Å². The zero-order chi connectivity index (χ0) is 101. The monoisotopic (exact) mass is 1980 g/mol. The summed E-state index contributed by atoms with van der Waals surface area (Å²) in [6.45, 7) is -3.88. The summed E-state index contributed by atoms with van der Waals surface area (Å²) >= 11 is 0. The van der Waals surface area contributed by atoms with Crippen molar-refractivity contribution in [3.63, 3.8) is 0 Å². The molecule has 146 heavy (non-hydrogen) atoms. The maximum atomic E-state index is 16.2. The van der Waals surface area contributed by atoms with Crippen molar-refractivity contribution in [2.45, 2.75) is 175 Å². The summed E-state index contributed by atoms with van der Waals surface area (Å²) in [5.74, 6) is -9.04. The maximum Gasteiger partial charge on any atom is 0.338 e. The van der Waals surface area contributed by atoms with Crippen LogP contribution in [-0.4, -0.2) is 220 Å². The molecule has 4 fully saturated rings. The molecule has 4 saturated heterocycles. The highest BCUT2D eigenvalue weighted by atomic mass is 16.8. The smallest absolute Gasteiger partial charge is 0.338 e. The molecule has 0 aliphatic carbocycles. The molecule has 0 radical (unpaired) electrons. The first-order valence-electron chi connectivity index (χ1n) is 47.8. The number of ketones is 1. The molecule has 31 nitrogen and oxygen atoms in total. The van der Waals surface area contributed by atoms with Crippen LogP contribution in [0.1, 0.15) is 131 Å². The molecule has 4 aliphatic rings. The van der Waals surface area contributed by atoms with Crippen LogP contribution in [0.2, 0.25) is 0 Å². The number of aliphatic hydroxyl groups is 1. The van der Waals surface area contributed by atoms with Crippen molar-refractivity contribution in [2.75, 3.05) is 33.0 Å². The predicted octanol–water partition coefficient (Wildman–Crippen LogP) is 15.4. The minimum atomic E-state index is -2.32. The second-order valence-corrected chi connectivity index (χ2v) is 34.7. The molecule has 12 aromatic carbocycles.